The molecule has 0 aromatic rings. The molecule has 0 fully saturated rings. The molecule has 14 heavy (non-hydrogen) atoms. The number of unbranched alkanes of at least 4 members (excludes halogenated alkanes) is 6. The van der Waals surface area contributed by atoms with E-state index < -0.39 is 0 Å². The molecule has 0 saturated carbocycles. The van der Waals surface area contributed by atoms with Gasteiger partial charge in [0.25, 0.3) is 0 Å². The third kappa shape index (κ3) is 10.0. The van der Waals surface area contributed by atoms with Crippen LogP contribution in [0.2, 0.25) is 0 Å². The number of hydroxylamine groups is 1. The minimum absolute atomic E-state index is 0.607. The van der Waals surface area contributed by atoms with Crippen molar-refractivity contribution in [1.29, 1.82) is 0 Å². The highest BCUT2D eigenvalue weighted by Crippen LogP contribution is 2.11. The molecule has 0 rings (SSSR count). The largest absolute Gasteiger partial charge is 0.317 e. The molecule has 0 spiro atoms. The lowest BCUT2D eigenvalue weighted by atomic mass is 10.0. The molecule has 0 aliphatic carbocycles. The van der Waals surface area contributed by atoms with Crippen LogP contribution in [-0.2, 0) is 0 Å². The zero-order chi connectivity index (χ0) is 10.6. The van der Waals surface area contributed by atoms with E-state index in [-0.39, 0.29) is 0 Å². The fraction of sp³-hybridized carbons (Fsp3) is 1.00. The highest BCUT2D eigenvalue weighted by Gasteiger charge is 1.99. The maximum Gasteiger partial charge on any atom is 0.0233 e. The molecular weight excluding hydrogens is 174 g/mol. The van der Waals surface area contributed by atoms with Crippen LogP contribution in [0.25, 0.3) is 0 Å². The van der Waals surface area contributed by atoms with Crippen molar-refractivity contribution in [2.45, 2.75) is 65.2 Å². The van der Waals surface area contributed by atoms with Crippen LogP contribution < -0.4 is 5.48 Å². The van der Waals surface area contributed by atoms with E-state index in [0.717, 1.165) is 6.54 Å². The molecule has 0 aliphatic rings. The van der Waals surface area contributed by atoms with Crippen molar-refractivity contribution >= 4 is 0 Å². The first kappa shape index (κ1) is 13.9. The zero-order valence-electron chi connectivity index (χ0n) is 9.89. The van der Waals surface area contributed by atoms with E-state index in [2.05, 4.69) is 19.3 Å². The minimum atomic E-state index is 0.607. The third-order valence-electron chi connectivity index (χ3n) is 2.74. The molecule has 0 amide bonds. The summed E-state index contributed by atoms with van der Waals surface area (Å²) in [6, 6.07) is 0. The minimum Gasteiger partial charge on any atom is -0.317 e. The molecule has 0 saturated heterocycles. The normalized spacial score (nSPS) is 13.1. The Morgan fingerprint density at radius 1 is 1.00 bits per heavy atom. The van der Waals surface area contributed by atoms with Crippen LogP contribution in [0, 0.1) is 5.92 Å². The van der Waals surface area contributed by atoms with Gasteiger partial charge in [-0.3, -0.25) is 0 Å². The van der Waals surface area contributed by atoms with Gasteiger partial charge in [-0.2, -0.15) is 0 Å². The highest BCUT2D eigenvalue weighted by molar-refractivity contribution is 4.54. The van der Waals surface area contributed by atoms with Crippen LogP contribution in [0.1, 0.15) is 65.2 Å². The van der Waals surface area contributed by atoms with Gasteiger partial charge in [0.15, 0.2) is 0 Å². The Morgan fingerprint density at radius 3 is 2.14 bits per heavy atom. The zero-order valence-corrected chi connectivity index (χ0v) is 9.89. The van der Waals surface area contributed by atoms with E-state index in [1.807, 2.05) is 0 Å². The van der Waals surface area contributed by atoms with E-state index >= 15 is 0 Å². The smallest absolute Gasteiger partial charge is 0.0233 e. The van der Waals surface area contributed by atoms with Crippen LogP contribution in [0.5, 0.6) is 0 Å². The lowest BCUT2D eigenvalue weighted by Gasteiger charge is -2.09. The van der Waals surface area contributed by atoms with Gasteiger partial charge in [0.2, 0.25) is 0 Å². The Hall–Kier alpha value is -0.0800. The Kier molecular flexibility index (Phi) is 10.9. The highest BCUT2D eigenvalue weighted by atomic mass is 16.5. The standard InChI is InChI=1S/C12H27NO/c1-3-4-5-6-7-8-9-10-12(2)11-13-14/h12-14H,3-11H2,1-2H3. The quantitative estimate of drug-likeness (QED) is 0.417. The van der Waals surface area contributed by atoms with E-state index in [9.17, 15) is 0 Å². The maximum atomic E-state index is 8.49. The number of hydrogen-bond donors (Lipinski definition) is 2. The summed E-state index contributed by atoms with van der Waals surface area (Å²) in [7, 11) is 0. The lowest BCUT2D eigenvalue weighted by molar-refractivity contribution is 0.149. The second-order valence-corrected chi connectivity index (χ2v) is 4.38. The summed E-state index contributed by atoms with van der Waals surface area (Å²) in [4.78, 5) is 0. The van der Waals surface area contributed by atoms with Crippen LogP contribution in [0.4, 0.5) is 0 Å². The summed E-state index contributed by atoms with van der Waals surface area (Å²) in [6.07, 6.45) is 10.8. The molecule has 0 heterocycles. The van der Waals surface area contributed by atoms with Crippen molar-refractivity contribution in [1.82, 2.24) is 5.48 Å². The number of hydrogen-bond acceptors (Lipinski definition) is 2. The molecule has 2 nitrogen and oxygen atoms in total. The van der Waals surface area contributed by atoms with Crippen LogP contribution in [-0.4, -0.2) is 11.8 Å². The predicted molar refractivity (Wildman–Crippen MR) is 61.6 cm³/mol. The first-order valence-corrected chi connectivity index (χ1v) is 6.18. The van der Waals surface area contributed by atoms with Crippen molar-refractivity contribution in [2.75, 3.05) is 6.54 Å². The van der Waals surface area contributed by atoms with Crippen LogP contribution in [0.3, 0.4) is 0 Å². The van der Waals surface area contributed by atoms with E-state index in [1.165, 1.54) is 51.4 Å². The average molecular weight is 201 g/mol. The maximum absolute atomic E-state index is 8.49. The predicted octanol–water partition coefficient (Wildman–Crippen LogP) is 3.74. The molecule has 0 aromatic heterocycles. The van der Waals surface area contributed by atoms with Gasteiger partial charge in [-0.15, -0.1) is 0 Å². The molecular formula is C12H27NO. The monoisotopic (exact) mass is 201 g/mol. The van der Waals surface area contributed by atoms with Gasteiger partial charge in [0.05, 0.1) is 0 Å². The van der Waals surface area contributed by atoms with Gasteiger partial charge in [0.1, 0.15) is 0 Å². The second-order valence-electron chi connectivity index (χ2n) is 4.38. The van der Waals surface area contributed by atoms with Crippen molar-refractivity contribution in [2.24, 2.45) is 5.92 Å². The van der Waals surface area contributed by atoms with E-state index in [4.69, 9.17) is 5.21 Å². The summed E-state index contributed by atoms with van der Waals surface area (Å²) in [5, 5.41) is 8.49. The Morgan fingerprint density at radius 2 is 1.57 bits per heavy atom. The van der Waals surface area contributed by atoms with E-state index in [0.29, 0.717) is 5.92 Å². The molecule has 0 radical (unpaired) electrons. The molecule has 0 bridgehead atoms. The van der Waals surface area contributed by atoms with Crippen molar-refractivity contribution in [3.05, 3.63) is 0 Å². The fourth-order valence-electron chi connectivity index (χ4n) is 1.71. The molecule has 86 valence electrons. The van der Waals surface area contributed by atoms with Crippen molar-refractivity contribution in [3.63, 3.8) is 0 Å². The Balaban J connectivity index is 2.98. The van der Waals surface area contributed by atoms with Crippen molar-refractivity contribution in [3.8, 4) is 0 Å². The Labute approximate surface area is 89.1 Å². The van der Waals surface area contributed by atoms with Gasteiger partial charge in [-0.05, 0) is 12.3 Å². The fourth-order valence-corrected chi connectivity index (χ4v) is 1.71. The summed E-state index contributed by atoms with van der Waals surface area (Å²) >= 11 is 0. The Bertz CT molecular complexity index is 106. The molecule has 2 heteroatoms. The summed E-state index contributed by atoms with van der Waals surface area (Å²) in [5.74, 6) is 0.607. The third-order valence-corrected chi connectivity index (χ3v) is 2.74. The first-order valence-electron chi connectivity index (χ1n) is 6.18. The van der Waals surface area contributed by atoms with Crippen LogP contribution >= 0.6 is 0 Å². The SMILES string of the molecule is CCCCCCCCCC(C)CNO. The van der Waals surface area contributed by atoms with Gasteiger partial charge < -0.3 is 5.21 Å². The van der Waals surface area contributed by atoms with Crippen LogP contribution in [0.15, 0.2) is 0 Å². The summed E-state index contributed by atoms with van der Waals surface area (Å²) in [5.41, 5.74) is 2.24. The topological polar surface area (TPSA) is 32.3 Å². The van der Waals surface area contributed by atoms with Gasteiger partial charge in [-0.25, -0.2) is 5.48 Å². The van der Waals surface area contributed by atoms with Gasteiger partial charge >= 0.3 is 0 Å². The second kappa shape index (κ2) is 11.0. The van der Waals surface area contributed by atoms with Gasteiger partial charge in [-0.1, -0.05) is 58.8 Å². The number of rotatable bonds is 10. The lowest BCUT2D eigenvalue weighted by Crippen LogP contribution is -2.16. The summed E-state index contributed by atoms with van der Waals surface area (Å²) < 4.78 is 0. The molecule has 0 aliphatic heterocycles. The molecule has 1 unspecified atom stereocenters. The number of nitrogens with one attached hydrogen (secondary N) is 1. The summed E-state index contributed by atoms with van der Waals surface area (Å²) in [6.45, 7) is 5.17. The molecule has 0 aromatic carbocycles. The molecule has 1 atom stereocenters. The van der Waals surface area contributed by atoms with E-state index in [1.54, 1.807) is 0 Å². The van der Waals surface area contributed by atoms with Crippen molar-refractivity contribution < 1.29 is 5.21 Å². The molecule has 2 N–H and O–H groups in total. The average Bonchev–Trinajstić information content (AvgIpc) is 2.17. The first-order chi connectivity index (χ1) is 6.81. The van der Waals surface area contributed by atoms with Gasteiger partial charge in [0, 0.05) is 6.54 Å².